The molecule has 0 bridgehead atoms. The summed E-state index contributed by atoms with van der Waals surface area (Å²) in [5.74, 6) is -2.23. The molecule has 4 heterocycles. The van der Waals surface area contributed by atoms with Gasteiger partial charge >= 0.3 is 12.1 Å². The molecular formula is C35H41N5O7S. The van der Waals surface area contributed by atoms with E-state index >= 15 is 0 Å². The van der Waals surface area contributed by atoms with E-state index in [9.17, 15) is 24.3 Å². The molecule has 12 nitrogen and oxygen atoms in total. The average Bonchev–Trinajstić information content (AvgIpc) is 3.34. The first kappa shape index (κ1) is 33.4. The maximum absolute atomic E-state index is 14.3. The average molecular weight is 676 g/mol. The lowest BCUT2D eigenvalue weighted by Gasteiger charge is -2.30. The van der Waals surface area contributed by atoms with E-state index in [4.69, 9.17) is 19.4 Å². The zero-order chi connectivity index (χ0) is 34.1. The zero-order valence-electron chi connectivity index (χ0n) is 27.3. The minimum absolute atomic E-state index is 0.0191. The molecule has 48 heavy (non-hydrogen) atoms. The number of rotatable bonds is 5. The molecule has 254 valence electrons. The zero-order valence-corrected chi connectivity index (χ0v) is 28.1. The third-order valence-electron chi connectivity index (χ3n) is 8.88. The lowest BCUT2D eigenvalue weighted by Crippen LogP contribution is -2.56. The highest BCUT2D eigenvalue weighted by molar-refractivity contribution is 7.13. The Bertz CT molecular complexity index is 1720. The van der Waals surface area contributed by atoms with Crippen molar-refractivity contribution in [3.05, 3.63) is 53.9 Å². The number of allylic oxidation sites excluding steroid dienone is 1. The van der Waals surface area contributed by atoms with E-state index in [0.29, 0.717) is 29.6 Å². The monoisotopic (exact) mass is 675 g/mol. The molecule has 3 N–H and O–H groups in total. The fraction of sp³-hybridized carbons (Fsp3) is 0.486. The van der Waals surface area contributed by atoms with Gasteiger partial charge in [0.25, 0.3) is 0 Å². The normalized spacial score (nSPS) is 27.1. The number of aliphatic carboxylic acids is 1. The summed E-state index contributed by atoms with van der Waals surface area (Å²) in [6.07, 6.45) is 6.18. The van der Waals surface area contributed by atoms with Crippen molar-refractivity contribution in [2.75, 3.05) is 6.54 Å². The Morgan fingerprint density at radius 2 is 1.85 bits per heavy atom. The molecule has 0 radical (unpaired) electrons. The highest BCUT2D eigenvalue weighted by Gasteiger charge is 2.61. The second-order valence-corrected chi connectivity index (χ2v) is 14.6. The summed E-state index contributed by atoms with van der Waals surface area (Å²) < 4.78 is 12.0. The SMILES string of the molecule is CC(C)(C)OC(=O)N[C@@H]1CCCCC/C=C\[C@@H]2C[C@@]2(C(=O)O)NC(=O)[C@@H]2CC(Oc3nc4ccccc4nc3-c3cccs3)CN2C1=O. The number of hydrogen-bond donors (Lipinski definition) is 3. The summed E-state index contributed by atoms with van der Waals surface area (Å²) in [4.78, 5) is 65.5. The van der Waals surface area contributed by atoms with Gasteiger partial charge in [-0.1, -0.05) is 43.2 Å². The molecule has 2 aliphatic heterocycles. The summed E-state index contributed by atoms with van der Waals surface area (Å²) >= 11 is 1.49. The van der Waals surface area contributed by atoms with Crippen LogP contribution in [0.3, 0.4) is 0 Å². The molecule has 1 aromatic carbocycles. The van der Waals surface area contributed by atoms with Crippen LogP contribution < -0.4 is 15.4 Å². The minimum atomic E-state index is -1.44. The molecule has 6 rings (SSSR count). The predicted molar refractivity (Wildman–Crippen MR) is 179 cm³/mol. The topological polar surface area (TPSA) is 160 Å². The molecule has 3 aromatic rings. The highest BCUT2D eigenvalue weighted by atomic mass is 32.1. The Morgan fingerprint density at radius 3 is 2.56 bits per heavy atom. The number of carboxylic acids is 1. The lowest BCUT2D eigenvalue weighted by atomic mass is 10.0. The number of nitrogens with zero attached hydrogens (tertiary/aromatic N) is 3. The van der Waals surface area contributed by atoms with Crippen molar-refractivity contribution < 1.29 is 33.8 Å². The number of benzene rings is 1. The van der Waals surface area contributed by atoms with E-state index in [2.05, 4.69) is 10.6 Å². The molecule has 13 heteroatoms. The van der Waals surface area contributed by atoms with Crippen LogP contribution in [0.2, 0.25) is 0 Å². The number of ether oxygens (including phenoxy) is 2. The second-order valence-electron chi connectivity index (χ2n) is 13.7. The standard InChI is InChI=1S/C35H41N5O7S/c1-34(2,3)47-33(45)38-25-15-8-6-4-5-7-12-21-19-35(21,32(43)44)39-29(41)26-18-22(20-40(26)31(25)42)46-30-28(27-16-11-17-48-27)36-23-13-9-10-14-24(23)37-30/h7,9-14,16-17,21-22,25-26H,4-6,8,15,18-20H2,1-3H3,(H,38,45)(H,39,41)(H,43,44)/b12-7-/t21-,22?,25-,26+,35-/m1/s1. The van der Waals surface area contributed by atoms with Crippen molar-refractivity contribution in [3.8, 4) is 16.5 Å². The molecule has 3 amide bonds. The van der Waals surface area contributed by atoms with Crippen molar-refractivity contribution >= 4 is 46.2 Å². The molecule has 3 aliphatic rings. The summed E-state index contributed by atoms with van der Waals surface area (Å²) in [7, 11) is 0. The van der Waals surface area contributed by atoms with Gasteiger partial charge < -0.3 is 30.1 Å². The molecule has 1 saturated carbocycles. The number of fused-ring (bicyclic) bond motifs is 3. The Hall–Kier alpha value is -4.52. The number of alkyl carbamates (subject to hydrolysis) is 1. The minimum Gasteiger partial charge on any atom is -0.479 e. The fourth-order valence-corrected chi connectivity index (χ4v) is 7.10. The third-order valence-corrected chi connectivity index (χ3v) is 9.76. The van der Waals surface area contributed by atoms with Crippen LogP contribution in [-0.2, 0) is 19.1 Å². The molecule has 1 unspecified atom stereocenters. The van der Waals surface area contributed by atoms with Gasteiger partial charge in [0.1, 0.15) is 35.0 Å². The van der Waals surface area contributed by atoms with Crippen LogP contribution >= 0.6 is 11.3 Å². The van der Waals surface area contributed by atoms with Gasteiger partial charge in [0.2, 0.25) is 17.7 Å². The van der Waals surface area contributed by atoms with Gasteiger partial charge in [-0.05, 0) is 70.0 Å². The third kappa shape index (κ3) is 7.30. The fourth-order valence-electron chi connectivity index (χ4n) is 6.39. The Balaban J connectivity index is 1.32. The van der Waals surface area contributed by atoms with Gasteiger partial charge in [-0.15, -0.1) is 11.3 Å². The second kappa shape index (κ2) is 13.5. The number of carbonyl (C=O) groups is 4. The van der Waals surface area contributed by atoms with Crippen molar-refractivity contribution in [1.29, 1.82) is 0 Å². The molecule has 2 fully saturated rings. The van der Waals surface area contributed by atoms with Gasteiger partial charge in [-0.25, -0.2) is 19.6 Å². The van der Waals surface area contributed by atoms with Crippen LogP contribution in [0.15, 0.2) is 53.9 Å². The van der Waals surface area contributed by atoms with Crippen molar-refractivity contribution in [1.82, 2.24) is 25.5 Å². The summed E-state index contributed by atoms with van der Waals surface area (Å²) in [6, 6.07) is 9.27. The molecule has 2 aromatic heterocycles. The first-order chi connectivity index (χ1) is 22.9. The number of hydrogen-bond acceptors (Lipinski definition) is 9. The first-order valence-electron chi connectivity index (χ1n) is 16.4. The summed E-state index contributed by atoms with van der Waals surface area (Å²) in [6.45, 7) is 5.24. The maximum Gasteiger partial charge on any atom is 0.408 e. The maximum atomic E-state index is 14.3. The van der Waals surface area contributed by atoms with Crippen LogP contribution in [-0.4, -0.2) is 79.7 Å². The Kier molecular flexibility index (Phi) is 9.41. The van der Waals surface area contributed by atoms with Gasteiger partial charge in [0.15, 0.2) is 0 Å². The van der Waals surface area contributed by atoms with E-state index in [0.717, 1.165) is 24.1 Å². The number of amides is 3. The summed E-state index contributed by atoms with van der Waals surface area (Å²) in [5.41, 5.74) is -0.337. The van der Waals surface area contributed by atoms with Gasteiger partial charge in [0.05, 0.1) is 22.5 Å². The first-order valence-corrected chi connectivity index (χ1v) is 17.3. The van der Waals surface area contributed by atoms with Gasteiger partial charge in [-0.2, -0.15) is 0 Å². The molecule has 5 atom stereocenters. The van der Waals surface area contributed by atoms with Crippen LogP contribution in [0.25, 0.3) is 21.6 Å². The van der Waals surface area contributed by atoms with E-state index < -0.39 is 53.2 Å². The Labute approximate surface area is 282 Å². The van der Waals surface area contributed by atoms with E-state index in [1.54, 1.807) is 20.8 Å². The molecule has 1 aliphatic carbocycles. The number of para-hydroxylation sites is 2. The number of aromatic nitrogens is 2. The molecule has 1 saturated heterocycles. The predicted octanol–water partition coefficient (Wildman–Crippen LogP) is 5.08. The van der Waals surface area contributed by atoms with Crippen LogP contribution in [0.1, 0.15) is 65.7 Å². The van der Waals surface area contributed by atoms with Crippen molar-refractivity contribution in [2.24, 2.45) is 5.92 Å². The lowest BCUT2D eigenvalue weighted by molar-refractivity contribution is -0.145. The van der Waals surface area contributed by atoms with Crippen LogP contribution in [0, 0.1) is 5.92 Å². The summed E-state index contributed by atoms with van der Waals surface area (Å²) in [5, 5.41) is 17.6. The van der Waals surface area contributed by atoms with Gasteiger partial charge in [-0.3, -0.25) is 9.59 Å². The Morgan fingerprint density at radius 1 is 1.08 bits per heavy atom. The smallest absolute Gasteiger partial charge is 0.408 e. The van der Waals surface area contributed by atoms with Crippen molar-refractivity contribution in [3.63, 3.8) is 0 Å². The van der Waals surface area contributed by atoms with Crippen molar-refractivity contribution in [2.45, 2.75) is 95.0 Å². The highest BCUT2D eigenvalue weighted by Crippen LogP contribution is 2.45. The van der Waals surface area contributed by atoms with E-state index in [1.807, 2.05) is 53.9 Å². The molecular weight excluding hydrogens is 634 g/mol. The van der Waals surface area contributed by atoms with Crippen LogP contribution in [0.4, 0.5) is 4.79 Å². The van der Waals surface area contributed by atoms with Crippen LogP contribution in [0.5, 0.6) is 5.88 Å². The van der Waals surface area contributed by atoms with E-state index in [1.165, 1.54) is 16.2 Å². The number of thiophene rings is 1. The number of carboxylic acid groups (broad SMARTS) is 1. The molecule has 0 spiro atoms. The number of carbonyl (C=O) groups excluding carboxylic acids is 3. The quantitative estimate of drug-likeness (QED) is 0.314. The largest absolute Gasteiger partial charge is 0.479 e. The number of nitrogens with one attached hydrogen (secondary N) is 2. The van der Waals surface area contributed by atoms with Gasteiger partial charge in [0, 0.05) is 12.3 Å². The van der Waals surface area contributed by atoms with E-state index in [-0.39, 0.29) is 31.2 Å².